The molecule has 5 heteroatoms. The van der Waals surface area contributed by atoms with Gasteiger partial charge in [0.15, 0.2) is 11.5 Å². The predicted molar refractivity (Wildman–Crippen MR) is 119 cm³/mol. The Morgan fingerprint density at radius 2 is 1.87 bits per heavy atom. The molecule has 0 N–H and O–H groups in total. The zero-order valence-electron chi connectivity index (χ0n) is 18.8. The highest BCUT2D eigenvalue weighted by atomic mass is 16.5. The number of fused-ring (bicyclic) bond motifs is 1. The zero-order chi connectivity index (χ0) is 21.8. The lowest BCUT2D eigenvalue weighted by Gasteiger charge is -2.65. The fourth-order valence-electron chi connectivity index (χ4n) is 6.56. The first-order valence-electron chi connectivity index (χ1n) is 11.2. The normalized spacial score (nSPS) is 32.2. The molecule has 164 valence electrons. The van der Waals surface area contributed by atoms with Crippen molar-refractivity contribution in [2.75, 3.05) is 27.8 Å². The number of likely N-dealkylation sites (N-methyl/N-ethyl adjacent to an activating group) is 1. The van der Waals surface area contributed by atoms with E-state index >= 15 is 0 Å². The van der Waals surface area contributed by atoms with Crippen LogP contribution in [0.15, 0.2) is 42.5 Å². The lowest BCUT2D eigenvalue weighted by atomic mass is 9.47. The van der Waals surface area contributed by atoms with E-state index < -0.39 is 11.0 Å². The molecule has 1 heterocycles. The average molecular weight is 422 g/mol. The SMILES string of the molecule is COc1ccc2c(c1Oc1ccccc1)[C@]13CCN(C)[C@H](C2)[C@]1(OC)CC(C)C(=O)C3. The minimum Gasteiger partial charge on any atom is -0.493 e. The lowest BCUT2D eigenvalue weighted by molar-refractivity contribution is -0.191. The van der Waals surface area contributed by atoms with Gasteiger partial charge in [-0.05, 0) is 56.6 Å². The van der Waals surface area contributed by atoms with E-state index in [2.05, 4.69) is 18.0 Å². The number of hydrogen-bond donors (Lipinski definition) is 0. The molecule has 0 spiro atoms. The second-order valence-electron chi connectivity index (χ2n) is 9.42. The number of Topliss-reactive ketones (excluding diaryl/α,β-unsaturated/α-hetero) is 1. The zero-order valence-corrected chi connectivity index (χ0v) is 18.8. The molecule has 2 aromatic rings. The molecule has 3 aliphatic rings. The molecule has 4 atom stereocenters. The van der Waals surface area contributed by atoms with E-state index in [-0.39, 0.29) is 12.0 Å². The van der Waals surface area contributed by atoms with E-state index in [1.807, 2.05) is 50.4 Å². The fourth-order valence-corrected chi connectivity index (χ4v) is 6.56. The number of likely N-dealkylation sites (tertiary alicyclic amines) is 1. The Hall–Kier alpha value is -2.37. The summed E-state index contributed by atoms with van der Waals surface area (Å²) in [6.45, 7) is 2.98. The first kappa shape index (κ1) is 20.5. The quantitative estimate of drug-likeness (QED) is 0.734. The molecule has 2 bridgehead atoms. The van der Waals surface area contributed by atoms with Crippen molar-refractivity contribution in [1.82, 2.24) is 4.90 Å². The number of carbonyl (C=O) groups is 1. The van der Waals surface area contributed by atoms with Crippen molar-refractivity contribution in [2.24, 2.45) is 5.92 Å². The summed E-state index contributed by atoms with van der Waals surface area (Å²) in [4.78, 5) is 15.6. The van der Waals surface area contributed by atoms with Crippen molar-refractivity contribution in [1.29, 1.82) is 0 Å². The lowest BCUT2D eigenvalue weighted by Crippen LogP contribution is -2.74. The van der Waals surface area contributed by atoms with Gasteiger partial charge in [0.05, 0.1) is 12.7 Å². The Bertz CT molecular complexity index is 1010. The van der Waals surface area contributed by atoms with Gasteiger partial charge in [-0.15, -0.1) is 0 Å². The number of piperidine rings is 1. The van der Waals surface area contributed by atoms with Crippen molar-refractivity contribution >= 4 is 5.78 Å². The smallest absolute Gasteiger partial charge is 0.173 e. The third-order valence-electron chi connectivity index (χ3n) is 8.05. The molecule has 31 heavy (non-hydrogen) atoms. The molecule has 1 unspecified atom stereocenters. The van der Waals surface area contributed by atoms with Gasteiger partial charge in [-0.2, -0.15) is 0 Å². The van der Waals surface area contributed by atoms with Gasteiger partial charge in [0.2, 0.25) is 0 Å². The molecular formula is C26H31NO4. The standard InChI is InChI=1S/C26H31NO4/c1-17-15-26(30-4)22-14-18-10-11-21(29-3)24(31-19-8-6-5-7-9-19)23(18)25(26,16-20(17)28)12-13-27(22)2/h5-11,17,22H,12-16H2,1-4H3/t17?,22-,25-,26-/m1/s1. The van der Waals surface area contributed by atoms with Crippen molar-refractivity contribution in [3.8, 4) is 17.2 Å². The predicted octanol–water partition coefficient (Wildman–Crippen LogP) is 4.37. The summed E-state index contributed by atoms with van der Waals surface area (Å²) in [5, 5.41) is 0. The summed E-state index contributed by atoms with van der Waals surface area (Å²) >= 11 is 0. The molecule has 2 fully saturated rings. The van der Waals surface area contributed by atoms with Crippen LogP contribution in [0.5, 0.6) is 17.2 Å². The van der Waals surface area contributed by atoms with E-state index in [9.17, 15) is 4.79 Å². The van der Waals surface area contributed by atoms with Crippen LogP contribution in [0.1, 0.15) is 37.3 Å². The number of methoxy groups -OCH3 is 2. The topological polar surface area (TPSA) is 48.0 Å². The van der Waals surface area contributed by atoms with Crippen LogP contribution in [0, 0.1) is 5.92 Å². The van der Waals surface area contributed by atoms with Gasteiger partial charge in [0.1, 0.15) is 11.5 Å². The van der Waals surface area contributed by atoms with Crippen LogP contribution < -0.4 is 9.47 Å². The minimum absolute atomic E-state index is 0.00674. The van der Waals surface area contributed by atoms with E-state index in [1.165, 1.54) is 5.56 Å². The molecule has 1 saturated carbocycles. The second kappa shape index (κ2) is 7.35. The van der Waals surface area contributed by atoms with Gasteiger partial charge in [-0.3, -0.25) is 4.79 Å². The van der Waals surface area contributed by atoms with E-state index in [0.717, 1.165) is 42.9 Å². The van der Waals surface area contributed by atoms with Crippen molar-refractivity contribution in [2.45, 2.75) is 49.7 Å². The molecule has 1 saturated heterocycles. The molecule has 2 aromatic carbocycles. The number of benzene rings is 2. The highest BCUT2D eigenvalue weighted by Gasteiger charge is 2.67. The number of ketones is 1. The summed E-state index contributed by atoms with van der Waals surface area (Å²) in [5.41, 5.74) is 1.50. The van der Waals surface area contributed by atoms with Gasteiger partial charge < -0.3 is 19.1 Å². The number of hydrogen-bond acceptors (Lipinski definition) is 5. The highest BCUT2D eigenvalue weighted by molar-refractivity contribution is 5.85. The molecule has 5 nitrogen and oxygen atoms in total. The Kier molecular flexibility index (Phi) is 4.87. The summed E-state index contributed by atoms with van der Waals surface area (Å²) in [6, 6.07) is 14.2. The van der Waals surface area contributed by atoms with Crippen LogP contribution in [0.2, 0.25) is 0 Å². The van der Waals surface area contributed by atoms with Crippen LogP contribution in [-0.4, -0.2) is 50.1 Å². The minimum atomic E-state index is -0.429. The summed E-state index contributed by atoms with van der Waals surface area (Å²) in [5.74, 6) is 2.51. The van der Waals surface area contributed by atoms with Crippen LogP contribution in [0.3, 0.4) is 0 Å². The Balaban J connectivity index is 1.78. The summed E-state index contributed by atoms with van der Waals surface area (Å²) in [6.07, 6.45) is 2.95. The molecule has 0 radical (unpaired) electrons. The molecule has 1 aliphatic heterocycles. The maximum absolute atomic E-state index is 13.2. The maximum Gasteiger partial charge on any atom is 0.173 e. The summed E-state index contributed by atoms with van der Waals surface area (Å²) in [7, 11) is 5.69. The van der Waals surface area contributed by atoms with Gasteiger partial charge >= 0.3 is 0 Å². The van der Waals surface area contributed by atoms with E-state index in [4.69, 9.17) is 14.2 Å². The number of nitrogens with zero attached hydrogens (tertiary/aromatic N) is 1. The number of carbonyl (C=O) groups excluding carboxylic acids is 1. The van der Waals surface area contributed by atoms with Crippen LogP contribution in [-0.2, 0) is 21.4 Å². The Labute approximate surface area is 184 Å². The first-order valence-corrected chi connectivity index (χ1v) is 11.2. The Morgan fingerprint density at radius 3 is 2.58 bits per heavy atom. The number of para-hydroxylation sites is 1. The Morgan fingerprint density at radius 1 is 1.10 bits per heavy atom. The van der Waals surface area contributed by atoms with E-state index in [0.29, 0.717) is 18.0 Å². The third kappa shape index (κ3) is 2.79. The fraction of sp³-hybridized carbons (Fsp3) is 0.500. The van der Waals surface area contributed by atoms with Crippen molar-refractivity contribution < 1.29 is 19.0 Å². The second-order valence-corrected chi connectivity index (χ2v) is 9.42. The third-order valence-corrected chi connectivity index (χ3v) is 8.05. The monoisotopic (exact) mass is 421 g/mol. The maximum atomic E-state index is 13.2. The number of ether oxygens (including phenoxy) is 3. The van der Waals surface area contributed by atoms with Gasteiger partial charge in [-0.1, -0.05) is 31.2 Å². The molecule has 0 amide bonds. The van der Waals surface area contributed by atoms with E-state index in [1.54, 1.807) is 7.11 Å². The first-order chi connectivity index (χ1) is 15.0. The number of rotatable bonds is 4. The molecule has 0 aromatic heterocycles. The molecule has 2 aliphatic carbocycles. The van der Waals surface area contributed by atoms with Gasteiger partial charge in [-0.25, -0.2) is 0 Å². The van der Waals surface area contributed by atoms with Gasteiger partial charge in [0.25, 0.3) is 0 Å². The van der Waals surface area contributed by atoms with Crippen molar-refractivity contribution in [3.63, 3.8) is 0 Å². The highest BCUT2D eigenvalue weighted by Crippen LogP contribution is 2.62. The van der Waals surface area contributed by atoms with Crippen LogP contribution in [0.4, 0.5) is 0 Å². The largest absolute Gasteiger partial charge is 0.493 e. The van der Waals surface area contributed by atoms with Crippen LogP contribution >= 0.6 is 0 Å². The van der Waals surface area contributed by atoms with Crippen LogP contribution in [0.25, 0.3) is 0 Å². The summed E-state index contributed by atoms with van der Waals surface area (Å²) < 4.78 is 18.8. The molecule has 5 rings (SSSR count). The van der Waals surface area contributed by atoms with Gasteiger partial charge in [0, 0.05) is 36.5 Å². The molecular weight excluding hydrogens is 390 g/mol. The van der Waals surface area contributed by atoms with Crippen molar-refractivity contribution in [3.05, 3.63) is 53.6 Å². The average Bonchev–Trinajstić information content (AvgIpc) is 2.78.